The summed E-state index contributed by atoms with van der Waals surface area (Å²) in [7, 11) is 0. The molecule has 0 saturated heterocycles. The summed E-state index contributed by atoms with van der Waals surface area (Å²) in [6.07, 6.45) is -2.29. The minimum atomic E-state index is -1.43. The predicted octanol–water partition coefficient (Wildman–Crippen LogP) is 2.09. The average molecular weight is 207 g/mol. The molecule has 0 bridgehead atoms. The summed E-state index contributed by atoms with van der Waals surface area (Å²) in [4.78, 5) is 8.95. The zero-order chi connectivity index (χ0) is 8.15. The highest BCUT2D eigenvalue weighted by Crippen LogP contribution is 2.12. The first-order valence-electron chi connectivity index (χ1n) is 2.31. The fourth-order valence-electron chi connectivity index (χ4n) is 0.280. The maximum atomic E-state index is 9.87. The minimum absolute atomic E-state index is 0.0516. The number of alkyl halides is 3. The SMILES string of the molecule is O=C(O)OC(CCl)C(Cl)Cl. The molecule has 60 valence electrons. The molecule has 0 aromatic rings. The van der Waals surface area contributed by atoms with Gasteiger partial charge in [0.15, 0.2) is 0 Å². The van der Waals surface area contributed by atoms with Gasteiger partial charge in [-0.05, 0) is 0 Å². The van der Waals surface area contributed by atoms with Crippen molar-refractivity contribution in [3.05, 3.63) is 0 Å². The van der Waals surface area contributed by atoms with Gasteiger partial charge in [0.05, 0.1) is 5.88 Å². The van der Waals surface area contributed by atoms with E-state index in [1.807, 2.05) is 0 Å². The largest absolute Gasteiger partial charge is 0.506 e. The molecule has 0 aliphatic carbocycles. The second-order valence-corrected chi connectivity index (χ2v) is 2.88. The zero-order valence-corrected chi connectivity index (χ0v) is 7.03. The fraction of sp³-hybridized carbons (Fsp3) is 0.750. The van der Waals surface area contributed by atoms with Crippen molar-refractivity contribution < 1.29 is 14.6 Å². The molecule has 10 heavy (non-hydrogen) atoms. The molecular formula is C4H5Cl3O3. The molecule has 0 aromatic carbocycles. The van der Waals surface area contributed by atoms with Crippen LogP contribution in [0.4, 0.5) is 4.79 Å². The maximum Gasteiger partial charge on any atom is 0.506 e. The summed E-state index contributed by atoms with van der Waals surface area (Å²) < 4.78 is 4.18. The summed E-state index contributed by atoms with van der Waals surface area (Å²) in [5, 5.41) is 8.07. The summed E-state index contributed by atoms with van der Waals surface area (Å²) in [5.74, 6) is -0.0516. The molecule has 3 nitrogen and oxygen atoms in total. The quantitative estimate of drug-likeness (QED) is 0.569. The summed E-state index contributed by atoms with van der Waals surface area (Å²) in [5.41, 5.74) is 0. The van der Waals surface area contributed by atoms with Gasteiger partial charge in [0, 0.05) is 0 Å². The Kier molecular flexibility index (Phi) is 4.95. The van der Waals surface area contributed by atoms with E-state index in [0.29, 0.717) is 0 Å². The van der Waals surface area contributed by atoms with E-state index >= 15 is 0 Å². The van der Waals surface area contributed by atoms with Crippen molar-refractivity contribution in [2.45, 2.75) is 10.9 Å². The van der Waals surface area contributed by atoms with E-state index < -0.39 is 17.1 Å². The molecular weight excluding hydrogens is 202 g/mol. The first-order valence-corrected chi connectivity index (χ1v) is 3.72. The van der Waals surface area contributed by atoms with Crippen molar-refractivity contribution in [1.82, 2.24) is 0 Å². The number of rotatable bonds is 3. The molecule has 6 heteroatoms. The Morgan fingerprint density at radius 2 is 2.10 bits per heavy atom. The topological polar surface area (TPSA) is 46.5 Å². The maximum absolute atomic E-state index is 9.87. The first-order chi connectivity index (χ1) is 4.57. The van der Waals surface area contributed by atoms with Crippen LogP contribution in [-0.2, 0) is 4.74 Å². The molecule has 0 rings (SSSR count). The van der Waals surface area contributed by atoms with E-state index in [2.05, 4.69) is 4.74 Å². The molecule has 0 aromatic heterocycles. The van der Waals surface area contributed by atoms with Crippen LogP contribution in [0.2, 0.25) is 0 Å². The number of hydrogen-bond donors (Lipinski definition) is 1. The Bertz CT molecular complexity index is 116. The van der Waals surface area contributed by atoms with Gasteiger partial charge in [0.25, 0.3) is 0 Å². The van der Waals surface area contributed by atoms with Crippen molar-refractivity contribution in [3.8, 4) is 0 Å². The summed E-state index contributed by atoms with van der Waals surface area (Å²) in [6, 6.07) is 0. The highest BCUT2D eigenvalue weighted by molar-refractivity contribution is 6.45. The predicted molar refractivity (Wildman–Crippen MR) is 39.1 cm³/mol. The van der Waals surface area contributed by atoms with Gasteiger partial charge in [-0.15, -0.1) is 34.8 Å². The highest BCUT2D eigenvalue weighted by atomic mass is 35.5. The van der Waals surface area contributed by atoms with Crippen molar-refractivity contribution in [2.75, 3.05) is 5.88 Å². The Labute approximate surface area is 72.8 Å². The van der Waals surface area contributed by atoms with Crippen LogP contribution in [0, 0.1) is 0 Å². The highest BCUT2D eigenvalue weighted by Gasteiger charge is 2.19. The third-order valence-electron chi connectivity index (χ3n) is 0.685. The van der Waals surface area contributed by atoms with Gasteiger partial charge >= 0.3 is 6.16 Å². The van der Waals surface area contributed by atoms with Crippen LogP contribution in [0.1, 0.15) is 0 Å². The average Bonchev–Trinajstić information content (AvgIpc) is 1.81. The third kappa shape index (κ3) is 4.04. The second-order valence-electron chi connectivity index (χ2n) is 1.41. The first kappa shape index (κ1) is 10.1. The van der Waals surface area contributed by atoms with E-state index in [1.54, 1.807) is 0 Å². The van der Waals surface area contributed by atoms with E-state index in [1.165, 1.54) is 0 Å². The molecule has 0 aliphatic heterocycles. The molecule has 0 heterocycles. The third-order valence-corrected chi connectivity index (χ3v) is 1.55. The normalized spacial score (nSPS) is 13.2. The number of halogens is 3. The van der Waals surface area contributed by atoms with Crippen LogP contribution in [-0.4, -0.2) is 28.1 Å². The molecule has 1 unspecified atom stereocenters. The molecule has 1 atom stereocenters. The standard InChI is InChI=1S/C4H5Cl3O3/c5-1-2(3(6)7)10-4(8)9/h2-3H,1H2,(H,8,9). The van der Waals surface area contributed by atoms with Gasteiger partial charge in [0.2, 0.25) is 0 Å². The van der Waals surface area contributed by atoms with E-state index in [4.69, 9.17) is 39.9 Å². The fourth-order valence-corrected chi connectivity index (χ4v) is 0.984. The van der Waals surface area contributed by atoms with Gasteiger partial charge in [-0.2, -0.15) is 0 Å². The monoisotopic (exact) mass is 206 g/mol. The second kappa shape index (κ2) is 4.88. The minimum Gasteiger partial charge on any atom is -0.450 e. The molecule has 0 aliphatic rings. The lowest BCUT2D eigenvalue weighted by atomic mass is 10.5. The van der Waals surface area contributed by atoms with Crippen LogP contribution >= 0.6 is 34.8 Å². The smallest absolute Gasteiger partial charge is 0.450 e. The number of ether oxygens (including phenoxy) is 1. The van der Waals surface area contributed by atoms with Gasteiger partial charge in [-0.1, -0.05) is 0 Å². The van der Waals surface area contributed by atoms with Crippen LogP contribution in [0.5, 0.6) is 0 Å². The van der Waals surface area contributed by atoms with E-state index in [-0.39, 0.29) is 5.88 Å². The van der Waals surface area contributed by atoms with Crippen LogP contribution in [0.15, 0.2) is 0 Å². The summed E-state index contributed by atoms with van der Waals surface area (Å²) in [6.45, 7) is 0. The van der Waals surface area contributed by atoms with Crippen molar-refractivity contribution in [1.29, 1.82) is 0 Å². The molecule has 0 saturated carbocycles. The van der Waals surface area contributed by atoms with Crippen molar-refractivity contribution in [3.63, 3.8) is 0 Å². The lowest BCUT2D eigenvalue weighted by molar-refractivity contribution is 0.0651. The lowest BCUT2D eigenvalue weighted by Gasteiger charge is -2.12. The van der Waals surface area contributed by atoms with Crippen molar-refractivity contribution >= 4 is 41.0 Å². The Morgan fingerprint density at radius 3 is 2.20 bits per heavy atom. The lowest BCUT2D eigenvalue weighted by Crippen LogP contribution is -2.25. The Hall–Kier alpha value is 0.140. The number of carboxylic acid groups (broad SMARTS) is 1. The number of hydrogen-bond acceptors (Lipinski definition) is 2. The molecule has 0 amide bonds. The van der Waals surface area contributed by atoms with Gasteiger partial charge in [-0.3, -0.25) is 0 Å². The molecule has 0 radical (unpaired) electrons. The molecule has 1 N–H and O–H groups in total. The van der Waals surface area contributed by atoms with Gasteiger partial charge in [-0.25, -0.2) is 4.79 Å². The van der Waals surface area contributed by atoms with E-state index in [9.17, 15) is 4.79 Å². The van der Waals surface area contributed by atoms with Gasteiger partial charge < -0.3 is 9.84 Å². The molecule has 0 spiro atoms. The van der Waals surface area contributed by atoms with E-state index in [0.717, 1.165) is 0 Å². The Balaban J connectivity index is 3.71. The van der Waals surface area contributed by atoms with Gasteiger partial charge in [0.1, 0.15) is 10.9 Å². The Morgan fingerprint density at radius 1 is 1.60 bits per heavy atom. The van der Waals surface area contributed by atoms with Crippen LogP contribution in [0.25, 0.3) is 0 Å². The van der Waals surface area contributed by atoms with Crippen LogP contribution in [0.3, 0.4) is 0 Å². The van der Waals surface area contributed by atoms with Crippen molar-refractivity contribution in [2.24, 2.45) is 0 Å². The number of carbonyl (C=O) groups is 1. The molecule has 0 fully saturated rings. The van der Waals surface area contributed by atoms with Crippen LogP contribution < -0.4 is 0 Å². The summed E-state index contributed by atoms with van der Waals surface area (Å²) >= 11 is 15.8. The zero-order valence-electron chi connectivity index (χ0n) is 4.76.